The molecule has 3 aromatic carbocycles. The van der Waals surface area contributed by atoms with Crippen molar-refractivity contribution in [1.82, 2.24) is 4.98 Å². The Morgan fingerprint density at radius 1 is 0.812 bits per heavy atom. The summed E-state index contributed by atoms with van der Waals surface area (Å²) in [5.41, 5.74) is 7.93. The van der Waals surface area contributed by atoms with Gasteiger partial charge in [0.05, 0.1) is 5.69 Å². The third-order valence-corrected chi connectivity index (χ3v) is 6.16. The van der Waals surface area contributed by atoms with Gasteiger partial charge in [0.1, 0.15) is 11.2 Å². The number of benzene rings is 3. The van der Waals surface area contributed by atoms with E-state index in [1.807, 2.05) is 6.20 Å². The highest BCUT2D eigenvalue weighted by Gasteiger charge is 2.19. The molecule has 1 atom stereocenters. The molecule has 160 valence electrons. The lowest BCUT2D eigenvalue weighted by Gasteiger charge is -2.18. The summed E-state index contributed by atoms with van der Waals surface area (Å²) < 4.78 is 6.61. The SMILES string of the molecule is CC(c1ccccc1)c1cccc2c1oc1c(-c3cc(CC(C)(C)C)ccn3)cccc12. The van der Waals surface area contributed by atoms with E-state index in [1.165, 1.54) is 16.7 Å². The minimum absolute atomic E-state index is 0.229. The van der Waals surface area contributed by atoms with E-state index in [4.69, 9.17) is 9.40 Å². The van der Waals surface area contributed by atoms with E-state index in [1.54, 1.807) is 0 Å². The molecule has 0 aliphatic carbocycles. The Kier molecular flexibility index (Phi) is 5.09. The van der Waals surface area contributed by atoms with Gasteiger partial charge in [-0.15, -0.1) is 0 Å². The lowest BCUT2D eigenvalue weighted by Crippen LogP contribution is -2.09. The normalized spacial score (nSPS) is 13.0. The van der Waals surface area contributed by atoms with E-state index in [0.717, 1.165) is 39.6 Å². The molecule has 2 heteroatoms. The largest absolute Gasteiger partial charge is 0.455 e. The number of aromatic nitrogens is 1. The van der Waals surface area contributed by atoms with Crippen LogP contribution in [0.2, 0.25) is 0 Å². The molecule has 2 aromatic heterocycles. The summed E-state index contributed by atoms with van der Waals surface area (Å²) in [4.78, 5) is 4.71. The van der Waals surface area contributed by atoms with Crippen LogP contribution in [0.1, 0.15) is 50.3 Å². The molecule has 5 aromatic rings. The van der Waals surface area contributed by atoms with Crippen LogP contribution in [0.15, 0.2) is 89.5 Å². The smallest absolute Gasteiger partial charge is 0.144 e. The lowest BCUT2D eigenvalue weighted by molar-refractivity contribution is 0.411. The van der Waals surface area contributed by atoms with Crippen molar-refractivity contribution in [2.24, 2.45) is 5.41 Å². The van der Waals surface area contributed by atoms with Crippen LogP contribution in [-0.2, 0) is 6.42 Å². The van der Waals surface area contributed by atoms with Crippen LogP contribution >= 0.6 is 0 Å². The second-order valence-electron chi connectivity index (χ2n) is 9.93. The van der Waals surface area contributed by atoms with Gasteiger partial charge in [0, 0.05) is 34.0 Å². The first-order chi connectivity index (χ1) is 15.4. The highest BCUT2D eigenvalue weighted by Crippen LogP contribution is 2.39. The average Bonchev–Trinajstić information content (AvgIpc) is 3.17. The third-order valence-electron chi connectivity index (χ3n) is 6.16. The molecule has 0 spiro atoms. The maximum Gasteiger partial charge on any atom is 0.144 e. The van der Waals surface area contributed by atoms with Crippen LogP contribution in [0.4, 0.5) is 0 Å². The quantitative estimate of drug-likeness (QED) is 0.292. The van der Waals surface area contributed by atoms with Gasteiger partial charge < -0.3 is 4.42 Å². The first kappa shape index (κ1) is 20.5. The summed E-state index contributed by atoms with van der Waals surface area (Å²) >= 11 is 0. The van der Waals surface area contributed by atoms with Gasteiger partial charge in [0.15, 0.2) is 0 Å². The number of fused-ring (bicyclic) bond motifs is 3. The predicted molar refractivity (Wildman–Crippen MR) is 134 cm³/mol. The molecule has 0 fully saturated rings. The number of hydrogen-bond acceptors (Lipinski definition) is 2. The van der Waals surface area contributed by atoms with Crippen molar-refractivity contribution in [3.8, 4) is 11.3 Å². The van der Waals surface area contributed by atoms with Gasteiger partial charge in [0.2, 0.25) is 0 Å². The van der Waals surface area contributed by atoms with Gasteiger partial charge >= 0.3 is 0 Å². The summed E-state index contributed by atoms with van der Waals surface area (Å²) in [6.07, 6.45) is 2.93. The molecule has 0 radical (unpaired) electrons. The zero-order chi connectivity index (χ0) is 22.3. The van der Waals surface area contributed by atoms with Crippen molar-refractivity contribution in [3.05, 3.63) is 102 Å². The van der Waals surface area contributed by atoms with Crippen molar-refractivity contribution in [2.75, 3.05) is 0 Å². The van der Waals surface area contributed by atoms with Crippen LogP contribution in [0, 0.1) is 5.41 Å². The van der Waals surface area contributed by atoms with Crippen LogP contribution < -0.4 is 0 Å². The Morgan fingerprint density at radius 3 is 2.28 bits per heavy atom. The molecular formula is C30H29NO. The van der Waals surface area contributed by atoms with Crippen molar-refractivity contribution < 1.29 is 4.42 Å². The van der Waals surface area contributed by atoms with E-state index in [0.29, 0.717) is 0 Å². The lowest BCUT2D eigenvalue weighted by atomic mass is 9.88. The molecule has 5 rings (SSSR count). The first-order valence-electron chi connectivity index (χ1n) is 11.3. The van der Waals surface area contributed by atoms with Crippen LogP contribution in [0.25, 0.3) is 33.2 Å². The summed E-state index contributed by atoms with van der Waals surface area (Å²) in [7, 11) is 0. The van der Waals surface area contributed by atoms with Crippen molar-refractivity contribution in [2.45, 2.75) is 40.0 Å². The number of hydrogen-bond donors (Lipinski definition) is 0. The van der Waals surface area contributed by atoms with Gasteiger partial charge in [-0.25, -0.2) is 0 Å². The van der Waals surface area contributed by atoms with Gasteiger partial charge in [-0.2, -0.15) is 0 Å². The van der Waals surface area contributed by atoms with E-state index in [2.05, 4.69) is 107 Å². The Morgan fingerprint density at radius 2 is 1.53 bits per heavy atom. The summed E-state index contributed by atoms with van der Waals surface area (Å²) in [6.45, 7) is 9.04. The standard InChI is InChI=1S/C30H29NO/c1-20(22-10-6-5-7-11-22)23-12-8-13-24-25-14-9-15-26(29(25)32-28(23)24)27-18-21(16-17-31-27)19-30(2,3)4/h5-18,20H,19H2,1-4H3. The molecular weight excluding hydrogens is 390 g/mol. The van der Waals surface area contributed by atoms with Gasteiger partial charge in [-0.3, -0.25) is 4.98 Å². The molecule has 0 saturated carbocycles. The number of para-hydroxylation sites is 2. The molecule has 0 amide bonds. The van der Waals surface area contributed by atoms with Gasteiger partial charge in [-0.05, 0) is 41.2 Å². The Bertz CT molecular complexity index is 1390. The maximum absolute atomic E-state index is 6.61. The Labute approximate surface area is 189 Å². The summed E-state index contributed by atoms with van der Waals surface area (Å²) in [5, 5.41) is 2.30. The first-order valence-corrected chi connectivity index (χ1v) is 11.3. The zero-order valence-electron chi connectivity index (χ0n) is 19.2. The fraction of sp³-hybridized carbons (Fsp3) is 0.233. The van der Waals surface area contributed by atoms with Crippen molar-refractivity contribution >= 4 is 21.9 Å². The van der Waals surface area contributed by atoms with Gasteiger partial charge in [0.25, 0.3) is 0 Å². The molecule has 2 nitrogen and oxygen atoms in total. The van der Waals surface area contributed by atoms with E-state index < -0.39 is 0 Å². The average molecular weight is 420 g/mol. The van der Waals surface area contributed by atoms with Crippen molar-refractivity contribution in [1.29, 1.82) is 0 Å². The number of nitrogens with zero attached hydrogens (tertiary/aromatic N) is 1. The predicted octanol–water partition coefficient (Wildman–Crippen LogP) is 8.39. The number of furan rings is 1. The Hall–Kier alpha value is -3.39. The molecule has 0 bridgehead atoms. The second-order valence-corrected chi connectivity index (χ2v) is 9.93. The number of pyridine rings is 1. The molecule has 0 aliphatic heterocycles. The molecule has 0 aliphatic rings. The van der Waals surface area contributed by atoms with E-state index in [-0.39, 0.29) is 11.3 Å². The highest BCUT2D eigenvalue weighted by atomic mass is 16.3. The minimum atomic E-state index is 0.229. The molecule has 2 heterocycles. The second kappa shape index (κ2) is 7.94. The van der Waals surface area contributed by atoms with E-state index >= 15 is 0 Å². The molecule has 0 saturated heterocycles. The van der Waals surface area contributed by atoms with Gasteiger partial charge in [-0.1, -0.05) is 88.4 Å². The maximum atomic E-state index is 6.61. The van der Waals surface area contributed by atoms with Crippen LogP contribution in [0.5, 0.6) is 0 Å². The monoisotopic (exact) mass is 419 g/mol. The molecule has 1 unspecified atom stereocenters. The van der Waals surface area contributed by atoms with Crippen molar-refractivity contribution in [3.63, 3.8) is 0 Å². The minimum Gasteiger partial charge on any atom is -0.455 e. The van der Waals surface area contributed by atoms with Crippen LogP contribution in [0.3, 0.4) is 0 Å². The third kappa shape index (κ3) is 3.82. The zero-order valence-corrected chi connectivity index (χ0v) is 19.2. The Balaban J connectivity index is 1.67. The van der Waals surface area contributed by atoms with Crippen LogP contribution in [-0.4, -0.2) is 4.98 Å². The summed E-state index contributed by atoms with van der Waals surface area (Å²) in [6, 6.07) is 27.8. The summed E-state index contributed by atoms with van der Waals surface area (Å²) in [5.74, 6) is 0.247. The van der Waals surface area contributed by atoms with E-state index in [9.17, 15) is 0 Å². The highest BCUT2D eigenvalue weighted by molar-refractivity contribution is 6.10. The fourth-order valence-electron chi connectivity index (χ4n) is 4.65. The number of rotatable bonds is 4. The molecule has 0 N–H and O–H groups in total. The molecule has 32 heavy (non-hydrogen) atoms. The topological polar surface area (TPSA) is 26.0 Å². The fourth-order valence-corrected chi connectivity index (χ4v) is 4.65.